The lowest BCUT2D eigenvalue weighted by Gasteiger charge is -2.16. The van der Waals surface area contributed by atoms with Gasteiger partial charge in [0.25, 0.3) is 0 Å². The average Bonchev–Trinajstić information content (AvgIpc) is 3.03. The van der Waals surface area contributed by atoms with E-state index in [1.807, 2.05) is 43.3 Å². The molecular formula is C18H18ClN3O2S. The molecule has 0 aromatic heterocycles. The van der Waals surface area contributed by atoms with Crippen molar-refractivity contribution >= 4 is 46.7 Å². The topological polar surface area (TPSA) is 61.4 Å². The van der Waals surface area contributed by atoms with Crippen molar-refractivity contribution in [2.45, 2.75) is 17.1 Å². The lowest BCUT2D eigenvalue weighted by molar-refractivity contribution is -0.115. The van der Waals surface area contributed by atoms with Crippen molar-refractivity contribution in [2.24, 2.45) is 0 Å². The Kier molecular flexibility index (Phi) is 5.50. The summed E-state index contributed by atoms with van der Waals surface area (Å²) in [6.45, 7) is 3.16. The fourth-order valence-electron chi connectivity index (χ4n) is 2.46. The zero-order valence-electron chi connectivity index (χ0n) is 13.7. The van der Waals surface area contributed by atoms with Crippen LogP contribution < -0.4 is 15.5 Å². The lowest BCUT2D eigenvalue weighted by atomic mass is 10.2. The number of hydrogen-bond acceptors (Lipinski definition) is 3. The van der Waals surface area contributed by atoms with Gasteiger partial charge in [0.2, 0.25) is 5.91 Å². The van der Waals surface area contributed by atoms with Crippen molar-refractivity contribution < 1.29 is 9.59 Å². The highest BCUT2D eigenvalue weighted by molar-refractivity contribution is 8.00. The molecule has 1 aliphatic rings. The molecule has 5 nitrogen and oxygen atoms in total. The van der Waals surface area contributed by atoms with Crippen LogP contribution >= 0.6 is 23.4 Å². The number of carbonyl (C=O) groups excluding carboxylic acids is 2. The second kappa shape index (κ2) is 7.80. The van der Waals surface area contributed by atoms with Crippen molar-refractivity contribution in [2.75, 3.05) is 23.3 Å². The summed E-state index contributed by atoms with van der Waals surface area (Å²) < 4.78 is 0. The monoisotopic (exact) mass is 375 g/mol. The third-order valence-electron chi connectivity index (χ3n) is 3.80. The van der Waals surface area contributed by atoms with Crippen molar-refractivity contribution in [1.29, 1.82) is 0 Å². The van der Waals surface area contributed by atoms with Crippen LogP contribution in [0.25, 0.3) is 0 Å². The molecule has 2 aromatic rings. The van der Waals surface area contributed by atoms with E-state index in [1.54, 1.807) is 17.0 Å². The van der Waals surface area contributed by atoms with Gasteiger partial charge in [-0.1, -0.05) is 11.6 Å². The van der Waals surface area contributed by atoms with Gasteiger partial charge >= 0.3 is 6.03 Å². The number of amides is 3. The molecule has 0 bridgehead atoms. The molecule has 1 aliphatic heterocycles. The van der Waals surface area contributed by atoms with Gasteiger partial charge in [0.15, 0.2) is 0 Å². The molecule has 0 aliphatic carbocycles. The lowest BCUT2D eigenvalue weighted by Crippen LogP contribution is -2.27. The van der Waals surface area contributed by atoms with Gasteiger partial charge in [0, 0.05) is 34.4 Å². The van der Waals surface area contributed by atoms with E-state index in [9.17, 15) is 9.59 Å². The number of rotatable bonds is 5. The Morgan fingerprint density at radius 2 is 1.88 bits per heavy atom. The Labute approximate surface area is 155 Å². The highest BCUT2D eigenvalue weighted by Crippen LogP contribution is 2.26. The van der Waals surface area contributed by atoms with Gasteiger partial charge in [0.1, 0.15) is 0 Å². The molecule has 2 aromatic carbocycles. The van der Waals surface area contributed by atoms with E-state index in [0.717, 1.165) is 10.6 Å². The number of carbonyl (C=O) groups is 2. The number of nitrogens with zero attached hydrogens (tertiary/aromatic N) is 1. The number of hydrogen-bond donors (Lipinski definition) is 2. The predicted molar refractivity (Wildman–Crippen MR) is 103 cm³/mol. The maximum atomic E-state index is 12.3. The number of halogens is 1. The quantitative estimate of drug-likeness (QED) is 0.777. The summed E-state index contributed by atoms with van der Waals surface area (Å²) in [6, 6.07) is 14.6. The summed E-state index contributed by atoms with van der Waals surface area (Å²) in [4.78, 5) is 26.7. The molecule has 1 unspecified atom stereocenters. The van der Waals surface area contributed by atoms with Gasteiger partial charge in [-0.15, -0.1) is 11.8 Å². The summed E-state index contributed by atoms with van der Waals surface area (Å²) in [7, 11) is 0. The summed E-state index contributed by atoms with van der Waals surface area (Å²) >= 11 is 7.34. The van der Waals surface area contributed by atoms with E-state index in [2.05, 4.69) is 10.6 Å². The number of anilines is 2. The van der Waals surface area contributed by atoms with E-state index in [4.69, 9.17) is 11.6 Å². The number of thioether (sulfide) groups is 1. The number of benzene rings is 2. The summed E-state index contributed by atoms with van der Waals surface area (Å²) in [5.74, 6) is -0.0772. The van der Waals surface area contributed by atoms with Gasteiger partial charge in [-0.25, -0.2) is 4.79 Å². The molecule has 1 saturated heterocycles. The molecule has 3 rings (SSSR count). The minimum atomic E-state index is -0.245. The Morgan fingerprint density at radius 3 is 2.48 bits per heavy atom. The summed E-state index contributed by atoms with van der Waals surface area (Å²) in [5, 5.41) is 6.09. The van der Waals surface area contributed by atoms with Crippen LogP contribution in [-0.4, -0.2) is 30.3 Å². The van der Waals surface area contributed by atoms with Gasteiger partial charge in [0.05, 0.1) is 5.25 Å². The van der Waals surface area contributed by atoms with E-state index >= 15 is 0 Å². The standard InChI is InChI=1S/C18H18ClN3O2S/c1-12(25-16-8-2-13(19)3-9-16)17(23)21-14-4-6-15(7-5-14)22-11-10-20-18(22)24/h2-9,12H,10-11H2,1H3,(H,20,24)(H,21,23). The summed E-state index contributed by atoms with van der Waals surface area (Å²) in [6.07, 6.45) is 0. The van der Waals surface area contributed by atoms with Crippen molar-refractivity contribution in [1.82, 2.24) is 5.32 Å². The van der Waals surface area contributed by atoms with E-state index in [1.165, 1.54) is 11.8 Å². The number of nitrogens with one attached hydrogen (secondary N) is 2. The van der Waals surface area contributed by atoms with Crippen LogP contribution in [0.1, 0.15) is 6.92 Å². The molecule has 1 atom stereocenters. The highest BCUT2D eigenvalue weighted by Gasteiger charge is 2.21. The van der Waals surface area contributed by atoms with Crippen LogP contribution in [-0.2, 0) is 4.79 Å². The zero-order valence-corrected chi connectivity index (χ0v) is 15.2. The SMILES string of the molecule is CC(Sc1ccc(Cl)cc1)C(=O)Nc1ccc(N2CCNC2=O)cc1. The first kappa shape index (κ1) is 17.6. The zero-order chi connectivity index (χ0) is 17.8. The van der Waals surface area contributed by atoms with Crippen LogP contribution in [0.3, 0.4) is 0 Å². The van der Waals surface area contributed by atoms with Crippen molar-refractivity contribution in [3.63, 3.8) is 0 Å². The highest BCUT2D eigenvalue weighted by atomic mass is 35.5. The molecule has 130 valence electrons. The molecule has 7 heteroatoms. The van der Waals surface area contributed by atoms with E-state index in [0.29, 0.717) is 23.8 Å². The van der Waals surface area contributed by atoms with Crippen LogP contribution in [0, 0.1) is 0 Å². The van der Waals surface area contributed by atoms with Gasteiger partial charge in [-0.3, -0.25) is 9.69 Å². The Hall–Kier alpha value is -2.18. The molecule has 0 saturated carbocycles. The molecule has 0 radical (unpaired) electrons. The Morgan fingerprint density at radius 1 is 1.20 bits per heavy atom. The maximum absolute atomic E-state index is 12.3. The first-order valence-corrected chi connectivity index (χ1v) is 9.17. The minimum absolute atomic E-state index is 0.0772. The fraction of sp³-hybridized carbons (Fsp3) is 0.222. The third kappa shape index (κ3) is 4.46. The largest absolute Gasteiger partial charge is 0.336 e. The molecule has 1 fully saturated rings. The molecule has 2 N–H and O–H groups in total. The van der Waals surface area contributed by atoms with Crippen molar-refractivity contribution in [3.05, 3.63) is 53.6 Å². The molecule has 1 heterocycles. The number of urea groups is 1. The third-order valence-corrected chi connectivity index (χ3v) is 5.16. The first-order valence-electron chi connectivity index (χ1n) is 7.91. The normalized spacial score (nSPS) is 15.0. The predicted octanol–water partition coefficient (Wildman–Crippen LogP) is 3.99. The smallest absolute Gasteiger partial charge is 0.321 e. The fourth-order valence-corrected chi connectivity index (χ4v) is 3.45. The first-order chi connectivity index (χ1) is 12.0. The molecule has 3 amide bonds. The molecule has 25 heavy (non-hydrogen) atoms. The second-order valence-electron chi connectivity index (χ2n) is 5.63. The van der Waals surface area contributed by atoms with E-state index < -0.39 is 0 Å². The van der Waals surface area contributed by atoms with Crippen LogP contribution in [0.5, 0.6) is 0 Å². The molecule has 0 spiro atoms. The second-order valence-corrected chi connectivity index (χ2v) is 7.48. The van der Waals surface area contributed by atoms with Crippen LogP contribution in [0.15, 0.2) is 53.4 Å². The van der Waals surface area contributed by atoms with Crippen LogP contribution in [0.4, 0.5) is 16.2 Å². The maximum Gasteiger partial charge on any atom is 0.321 e. The van der Waals surface area contributed by atoms with Gasteiger partial charge in [-0.05, 0) is 55.5 Å². The van der Waals surface area contributed by atoms with Gasteiger partial charge < -0.3 is 10.6 Å². The Bertz CT molecular complexity index is 765. The van der Waals surface area contributed by atoms with Crippen LogP contribution in [0.2, 0.25) is 5.02 Å². The Balaban J connectivity index is 1.58. The average molecular weight is 376 g/mol. The van der Waals surface area contributed by atoms with Gasteiger partial charge in [-0.2, -0.15) is 0 Å². The minimum Gasteiger partial charge on any atom is -0.336 e. The van der Waals surface area contributed by atoms with E-state index in [-0.39, 0.29) is 17.2 Å². The van der Waals surface area contributed by atoms with Crippen molar-refractivity contribution in [3.8, 4) is 0 Å². The summed E-state index contributed by atoms with van der Waals surface area (Å²) in [5.41, 5.74) is 1.52. The molecular weight excluding hydrogens is 358 g/mol.